The number of anilines is 3. The Labute approximate surface area is 307 Å². The number of nitrogens with zero attached hydrogens (tertiary/aromatic N) is 4. The monoisotopic (exact) mass is 676 g/mol. The minimum atomic E-state index is 0.558. The van der Waals surface area contributed by atoms with Crippen LogP contribution in [0.15, 0.2) is 195 Å². The molecule has 0 N–H and O–H groups in total. The minimum absolute atomic E-state index is 0.558. The number of hydrogen-bond donors (Lipinski definition) is 0. The summed E-state index contributed by atoms with van der Waals surface area (Å²) in [7, 11) is 0. The van der Waals surface area contributed by atoms with Gasteiger partial charge in [0.25, 0.3) is 0 Å². The van der Waals surface area contributed by atoms with Crippen LogP contribution >= 0.6 is 0 Å². The van der Waals surface area contributed by atoms with E-state index in [-0.39, 0.29) is 0 Å². The van der Waals surface area contributed by atoms with Crippen molar-refractivity contribution in [1.82, 2.24) is 15.0 Å². The molecule has 0 fully saturated rings. The lowest BCUT2D eigenvalue weighted by atomic mass is 9.81. The molecule has 0 aliphatic carbocycles. The van der Waals surface area contributed by atoms with Gasteiger partial charge < -0.3 is 0 Å². The second-order valence-electron chi connectivity index (χ2n) is 13.3. The summed E-state index contributed by atoms with van der Waals surface area (Å²) < 4.78 is 0. The lowest BCUT2D eigenvalue weighted by Gasteiger charge is -2.25. The molecule has 0 bridgehead atoms. The molecular formula is C49H32N4. The number of rotatable bonds is 6. The first-order chi connectivity index (χ1) is 26.3. The van der Waals surface area contributed by atoms with Crippen molar-refractivity contribution in [2.75, 3.05) is 4.90 Å². The van der Waals surface area contributed by atoms with E-state index in [4.69, 9.17) is 0 Å². The van der Waals surface area contributed by atoms with Gasteiger partial charge in [0.05, 0.1) is 0 Å². The van der Waals surface area contributed by atoms with Gasteiger partial charge in [0.1, 0.15) is 12.7 Å². The third-order valence-electron chi connectivity index (χ3n) is 10.2. The van der Waals surface area contributed by atoms with Gasteiger partial charge in [-0.15, -0.1) is 0 Å². The zero-order chi connectivity index (χ0) is 35.1. The smallest absolute Gasteiger partial charge is 0.237 e. The highest BCUT2D eigenvalue weighted by Crippen LogP contribution is 2.50. The molecule has 0 amide bonds. The Hall–Kier alpha value is -7.17. The summed E-state index contributed by atoms with van der Waals surface area (Å²) in [5, 5.41) is 9.55. The van der Waals surface area contributed by atoms with E-state index in [1.54, 1.807) is 12.7 Å². The zero-order valence-corrected chi connectivity index (χ0v) is 28.8. The summed E-state index contributed by atoms with van der Waals surface area (Å²) in [5.74, 6) is 0.558. The van der Waals surface area contributed by atoms with Gasteiger partial charge in [-0.1, -0.05) is 152 Å². The van der Waals surface area contributed by atoms with Gasteiger partial charge in [0.15, 0.2) is 0 Å². The maximum atomic E-state index is 4.65. The summed E-state index contributed by atoms with van der Waals surface area (Å²) in [6, 6.07) is 65.4. The van der Waals surface area contributed by atoms with E-state index in [0.29, 0.717) is 5.95 Å². The average molecular weight is 677 g/mol. The first-order valence-electron chi connectivity index (χ1n) is 17.8. The lowest BCUT2D eigenvalue weighted by Crippen LogP contribution is -2.13. The SMILES string of the molecule is c1ccc(-c2cc(-c3ccccc3)c3c4ccccc4c4cc(N(c5ccc6ccccc6c5)c5ncncn5)ccc4c3c2-c2ccccc2)cc1. The van der Waals surface area contributed by atoms with Crippen molar-refractivity contribution in [3.05, 3.63) is 195 Å². The highest BCUT2D eigenvalue weighted by atomic mass is 15.3. The third-order valence-corrected chi connectivity index (χ3v) is 10.2. The molecule has 1 heterocycles. The molecule has 0 unspecified atom stereocenters. The molecule has 1 aromatic heterocycles. The molecule has 0 spiro atoms. The highest BCUT2D eigenvalue weighted by Gasteiger charge is 2.23. The van der Waals surface area contributed by atoms with Crippen LogP contribution in [-0.4, -0.2) is 15.0 Å². The second kappa shape index (κ2) is 12.9. The van der Waals surface area contributed by atoms with Crippen LogP contribution in [0.2, 0.25) is 0 Å². The molecule has 0 saturated heterocycles. The molecule has 4 nitrogen and oxygen atoms in total. The molecule has 10 aromatic rings. The molecule has 9 aromatic carbocycles. The highest BCUT2D eigenvalue weighted by molar-refractivity contribution is 6.33. The fourth-order valence-corrected chi connectivity index (χ4v) is 7.92. The van der Waals surface area contributed by atoms with Gasteiger partial charge in [-0.25, -0.2) is 15.0 Å². The molecule has 0 aliphatic rings. The number of hydrogen-bond acceptors (Lipinski definition) is 4. The Morgan fingerprint density at radius 2 is 0.906 bits per heavy atom. The van der Waals surface area contributed by atoms with Crippen LogP contribution in [0.3, 0.4) is 0 Å². The standard InChI is InChI=1S/C49H32N4/c1-4-15-34(16-5-1)43-30-44(35-17-6-2-7-18-35)47-41-23-13-12-22-40(41)45-29-39(26-27-42(45)48(47)46(43)36-19-8-3-9-20-36)53(49-51-31-50-32-52-49)38-25-24-33-14-10-11-21-37(33)28-38/h1-32H. The van der Waals surface area contributed by atoms with Gasteiger partial charge in [-0.05, 0) is 107 Å². The second-order valence-corrected chi connectivity index (χ2v) is 13.3. The maximum Gasteiger partial charge on any atom is 0.237 e. The largest absolute Gasteiger partial charge is 0.279 e. The van der Waals surface area contributed by atoms with E-state index < -0.39 is 0 Å². The molecule has 0 saturated carbocycles. The van der Waals surface area contributed by atoms with E-state index in [2.05, 4.69) is 202 Å². The lowest BCUT2D eigenvalue weighted by molar-refractivity contribution is 1.01. The van der Waals surface area contributed by atoms with Crippen molar-refractivity contribution < 1.29 is 0 Å². The van der Waals surface area contributed by atoms with Crippen LogP contribution in [0.5, 0.6) is 0 Å². The van der Waals surface area contributed by atoms with Gasteiger partial charge in [0.2, 0.25) is 5.95 Å². The number of aromatic nitrogens is 3. The molecule has 10 rings (SSSR count). The first kappa shape index (κ1) is 30.6. The van der Waals surface area contributed by atoms with Crippen LogP contribution < -0.4 is 4.90 Å². The van der Waals surface area contributed by atoms with E-state index in [1.165, 1.54) is 65.7 Å². The molecule has 0 radical (unpaired) electrons. The van der Waals surface area contributed by atoms with E-state index in [9.17, 15) is 0 Å². The molecule has 53 heavy (non-hydrogen) atoms. The Morgan fingerprint density at radius 3 is 1.62 bits per heavy atom. The normalized spacial score (nSPS) is 11.4. The van der Waals surface area contributed by atoms with Crippen LogP contribution in [-0.2, 0) is 0 Å². The average Bonchev–Trinajstić information content (AvgIpc) is 3.24. The fraction of sp³-hybridized carbons (Fsp3) is 0. The molecule has 4 heteroatoms. The van der Waals surface area contributed by atoms with Crippen LogP contribution in [0.1, 0.15) is 0 Å². The van der Waals surface area contributed by atoms with Gasteiger partial charge >= 0.3 is 0 Å². The molecule has 0 atom stereocenters. The summed E-state index contributed by atoms with van der Waals surface area (Å²) in [6.45, 7) is 0. The Morgan fingerprint density at radius 1 is 0.358 bits per heavy atom. The van der Waals surface area contributed by atoms with Crippen molar-refractivity contribution in [1.29, 1.82) is 0 Å². The molecule has 248 valence electrons. The maximum absolute atomic E-state index is 4.65. The topological polar surface area (TPSA) is 41.9 Å². The molecular weight excluding hydrogens is 645 g/mol. The van der Waals surface area contributed by atoms with E-state index in [1.807, 2.05) is 0 Å². The predicted molar refractivity (Wildman–Crippen MR) is 221 cm³/mol. The van der Waals surface area contributed by atoms with Gasteiger partial charge in [-0.2, -0.15) is 0 Å². The van der Waals surface area contributed by atoms with Crippen LogP contribution in [0.25, 0.3) is 76.5 Å². The summed E-state index contributed by atoms with van der Waals surface area (Å²) in [5.41, 5.74) is 9.12. The first-order valence-corrected chi connectivity index (χ1v) is 17.8. The van der Waals surface area contributed by atoms with Gasteiger partial charge in [-0.3, -0.25) is 4.90 Å². The summed E-state index contributed by atoms with van der Waals surface area (Å²) in [4.78, 5) is 15.6. The molecule has 0 aliphatic heterocycles. The Kier molecular flexibility index (Phi) is 7.43. The summed E-state index contributed by atoms with van der Waals surface area (Å²) in [6.07, 6.45) is 3.12. The quantitative estimate of drug-likeness (QED) is 0.164. The van der Waals surface area contributed by atoms with Crippen LogP contribution in [0, 0.1) is 0 Å². The van der Waals surface area contributed by atoms with Crippen molar-refractivity contribution >= 4 is 60.4 Å². The predicted octanol–water partition coefficient (Wildman–Crippen LogP) is 13.0. The van der Waals surface area contributed by atoms with Crippen molar-refractivity contribution in [2.24, 2.45) is 0 Å². The number of fused-ring (bicyclic) bond motifs is 7. The number of benzene rings is 9. The zero-order valence-electron chi connectivity index (χ0n) is 28.8. The fourth-order valence-electron chi connectivity index (χ4n) is 7.92. The third kappa shape index (κ3) is 5.28. The summed E-state index contributed by atoms with van der Waals surface area (Å²) >= 11 is 0. The van der Waals surface area contributed by atoms with E-state index in [0.717, 1.165) is 22.1 Å². The van der Waals surface area contributed by atoms with Gasteiger partial charge in [0, 0.05) is 11.4 Å². The van der Waals surface area contributed by atoms with Crippen LogP contribution in [0.4, 0.5) is 17.3 Å². The van der Waals surface area contributed by atoms with Crippen molar-refractivity contribution in [3.8, 4) is 33.4 Å². The minimum Gasteiger partial charge on any atom is -0.279 e. The Balaban J connectivity index is 1.35. The Bertz CT molecular complexity index is 2930. The van der Waals surface area contributed by atoms with E-state index >= 15 is 0 Å². The van der Waals surface area contributed by atoms with Crippen molar-refractivity contribution in [3.63, 3.8) is 0 Å². The van der Waals surface area contributed by atoms with Crippen molar-refractivity contribution in [2.45, 2.75) is 0 Å².